The van der Waals surface area contributed by atoms with Crippen molar-refractivity contribution < 1.29 is 9.53 Å². The summed E-state index contributed by atoms with van der Waals surface area (Å²) in [5.74, 6) is 1.35. The first-order chi connectivity index (χ1) is 16.1. The lowest BCUT2D eigenvalue weighted by Crippen LogP contribution is -2.40. The number of piperidine rings is 1. The molecule has 5 rings (SSSR count). The summed E-state index contributed by atoms with van der Waals surface area (Å²) in [5.41, 5.74) is 8.70. The number of hydrogen-bond donors (Lipinski definition) is 1. The van der Waals surface area contributed by atoms with Crippen molar-refractivity contribution in [1.82, 2.24) is 24.6 Å². The van der Waals surface area contributed by atoms with Crippen LogP contribution in [0.1, 0.15) is 36.6 Å². The highest BCUT2D eigenvalue weighted by Gasteiger charge is 2.28. The van der Waals surface area contributed by atoms with E-state index >= 15 is 0 Å². The van der Waals surface area contributed by atoms with Crippen molar-refractivity contribution in [2.45, 2.75) is 38.3 Å². The summed E-state index contributed by atoms with van der Waals surface area (Å²) in [4.78, 5) is 23.8. The van der Waals surface area contributed by atoms with E-state index in [1.54, 1.807) is 11.3 Å². The average molecular weight is 463 g/mol. The van der Waals surface area contributed by atoms with Crippen molar-refractivity contribution in [3.05, 3.63) is 59.3 Å². The second kappa shape index (κ2) is 9.19. The number of ether oxygens (including phenoxy) is 1. The molecule has 2 N–H and O–H groups in total. The van der Waals surface area contributed by atoms with Gasteiger partial charge in [0.25, 0.3) is 0 Å². The van der Waals surface area contributed by atoms with Gasteiger partial charge in [0.2, 0.25) is 5.91 Å². The molecule has 4 heterocycles. The van der Waals surface area contributed by atoms with Crippen molar-refractivity contribution in [1.29, 1.82) is 0 Å². The van der Waals surface area contributed by atoms with E-state index in [0.29, 0.717) is 24.6 Å². The molecular weight excluding hydrogens is 436 g/mol. The van der Waals surface area contributed by atoms with E-state index in [9.17, 15) is 4.79 Å². The SMILES string of the molecule is C=CC(=O)N1CCCC(n2nc(-c3csc(COC4=CC=CCC4)c3)c3c(N)ncnc32)C1. The molecule has 8 nitrogen and oxygen atoms in total. The van der Waals surface area contributed by atoms with Crippen LogP contribution in [-0.2, 0) is 16.1 Å². The first-order valence-corrected chi connectivity index (χ1v) is 12.0. The van der Waals surface area contributed by atoms with Gasteiger partial charge < -0.3 is 15.4 Å². The highest BCUT2D eigenvalue weighted by Crippen LogP contribution is 2.36. The molecule has 2 aliphatic rings. The molecule has 3 aromatic rings. The average Bonchev–Trinajstić information content (AvgIpc) is 3.48. The van der Waals surface area contributed by atoms with E-state index in [1.807, 2.05) is 21.7 Å². The lowest BCUT2D eigenvalue weighted by atomic mass is 10.1. The van der Waals surface area contributed by atoms with Crippen LogP contribution in [0.2, 0.25) is 0 Å². The molecule has 1 saturated heterocycles. The Balaban J connectivity index is 1.45. The van der Waals surface area contributed by atoms with Crippen LogP contribution in [0.3, 0.4) is 0 Å². The number of amides is 1. The molecule has 170 valence electrons. The van der Waals surface area contributed by atoms with Gasteiger partial charge in [0.1, 0.15) is 24.4 Å². The van der Waals surface area contributed by atoms with Gasteiger partial charge in [-0.3, -0.25) is 4.79 Å². The number of thiophene rings is 1. The molecule has 0 aromatic carbocycles. The lowest BCUT2D eigenvalue weighted by Gasteiger charge is -2.32. The Morgan fingerprint density at radius 3 is 3.12 bits per heavy atom. The quantitative estimate of drug-likeness (QED) is 0.550. The molecule has 0 bridgehead atoms. The molecule has 1 fully saturated rings. The van der Waals surface area contributed by atoms with Crippen molar-refractivity contribution in [3.8, 4) is 11.3 Å². The second-order valence-corrected chi connectivity index (χ2v) is 9.22. The molecule has 0 spiro atoms. The molecule has 1 atom stereocenters. The summed E-state index contributed by atoms with van der Waals surface area (Å²) in [6.45, 7) is 5.44. The fraction of sp³-hybridized carbons (Fsp3) is 0.333. The Morgan fingerprint density at radius 2 is 2.30 bits per heavy atom. The van der Waals surface area contributed by atoms with Gasteiger partial charge in [-0.05, 0) is 37.5 Å². The Labute approximate surface area is 196 Å². The number of anilines is 1. The van der Waals surface area contributed by atoms with Crippen LogP contribution in [0.25, 0.3) is 22.3 Å². The van der Waals surface area contributed by atoms with E-state index in [2.05, 4.69) is 34.1 Å². The monoisotopic (exact) mass is 462 g/mol. The molecule has 1 unspecified atom stereocenters. The number of likely N-dealkylation sites (tertiary alicyclic amines) is 1. The predicted octanol–water partition coefficient (Wildman–Crippen LogP) is 4.24. The fourth-order valence-corrected chi connectivity index (χ4v) is 5.16. The van der Waals surface area contributed by atoms with Gasteiger partial charge in [0, 0.05) is 35.3 Å². The lowest BCUT2D eigenvalue weighted by molar-refractivity contribution is -0.127. The van der Waals surface area contributed by atoms with Gasteiger partial charge in [0.15, 0.2) is 5.65 Å². The highest BCUT2D eigenvalue weighted by molar-refractivity contribution is 7.10. The molecule has 9 heteroatoms. The third-order valence-electron chi connectivity index (χ3n) is 6.05. The van der Waals surface area contributed by atoms with E-state index < -0.39 is 0 Å². The van der Waals surface area contributed by atoms with Gasteiger partial charge in [-0.15, -0.1) is 11.3 Å². The van der Waals surface area contributed by atoms with E-state index in [1.165, 1.54) is 12.4 Å². The number of rotatable bonds is 6. The number of allylic oxidation sites excluding steroid dienone is 4. The molecule has 0 saturated carbocycles. The summed E-state index contributed by atoms with van der Waals surface area (Å²) in [7, 11) is 0. The number of carbonyl (C=O) groups excluding carboxylic acids is 1. The zero-order valence-electron chi connectivity index (χ0n) is 18.3. The van der Waals surface area contributed by atoms with E-state index in [-0.39, 0.29) is 11.9 Å². The first-order valence-electron chi connectivity index (χ1n) is 11.1. The molecule has 1 aliphatic heterocycles. The van der Waals surface area contributed by atoms with Crippen molar-refractivity contribution in [2.75, 3.05) is 18.8 Å². The standard InChI is InChI=1S/C24H26N6O2S/c1-2-20(31)29-10-6-7-17(12-29)30-24-21(23(25)26-15-27-24)22(28-30)16-11-19(33-14-16)13-32-18-8-4-3-5-9-18/h2-4,8,11,14-15,17H,1,5-7,9-10,12-13H2,(H2,25,26,27). The fourth-order valence-electron chi connectivity index (χ4n) is 4.38. The summed E-state index contributed by atoms with van der Waals surface area (Å²) in [6, 6.07) is 2.11. The predicted molar refractivity (Wildman–Crippen MR) is 129 cm³/mol. The Hall–Kier alpha value is -3.46. The molecular formula is C24H26N6O2S. The van der Waals surface area contributed by atoms with Gasteiger partial charge in [-0.25, -0.2) is 14.6 Å². The van der Waals surface area contributed by atoms with Crippen LogP contribution in [0.4, 0.5) is 5.82 Å². The van der Waals surface area contributed by atoms with E-state index in [0.717, 1.165) is 59.5 Å². The van der Waals surface area contributed by atoms with Crippen molar-refractivity contribution >= 4 is 34.1 Å². The second-order valence-electron chi connectivity index (χ2n) is 8.23. The number of aromatic nitrogens is 4. The minimum atomic E-state index is -0.0587. The zero-order valence-corrected chi connectivity index (χ0v) is 19.1. The Kier molecular flexibility index (Phi) is 5.95. The molecule has 33 heavy (non-hydrogen) atoms. The highest BCUT2D eigenvalue weighted by atomic mass is 32.1. The Bertz CT molecular complexity index is 1260. The smallest absolute Gasteiger partial charge is 0.246 e. The minimum absolute atomic E-state index is 0.0148. The maximum atomic E-state index is 12.2. The molecule has 3 aromatic heterocycles. The summed E-state index contributed by atoms with van der Waals surface area (Å²) in [6.07, 6.45) is 12.8. The molecule has 0 radical (unpaired) electrons. The number of hydrogen-bond acceptors (Lipinski definition) is 7. The van der Waals surface area contributed by atoms with Crippen LogP contribution in [-0.4, -0.2) is 43.6 Å². The Morgan fingerprint density at radius 1 is 1.39 bits per heavy atom. The number of fused-ring (bicyclic) bond motifs is 1. The normalized spacial score (nSPS) is 18.4. The van der Waals surface area contributed by atoms with Crippen LogP contribution >= 0.6 is 11.3 Å². The summed E-state index contributed by atoms with van der Waals surface area (Å²) >= 11 is 1.63. The summed E-state index contributed by atoms with van der Waals surface area (Å²) in [5, 5.41) is 7.76. The maximum absolute atomic E-state index is 12.2. The number of nitrogens with two attached hydrogens (primary N) is 1. The number of nitrogens with zero attached hydrogens (tertiary/aromatic N) is 5. The third-order valence-corrected chi connectivity index (χ3v) is 6.96. The number of carbonyl (C=O) groups is 1. The minimum Gasteiger partial charge on any atom is -0.492 e. The maximum Gasteiger partial charge on any atom is 0.246 e. The van der Waals surface area contributed by atoms with Gasteiger partial charge in [0.05, 0.1) is 17.2 Å². The number of nitrogen functional groups attached to an aromatic ring is 1. The van der Waals surface area contributed by atoms with Crippen LogP contribution in [0.15, 0.2) is 54.4 Å². The first kappa shape index (κ1) is 21.4. The van der Waals surface area contributed by atoms with Gasteiger partial charge in [-0.2, -0.15) is 5.10 Å². The molecule has 1 amide bonds. The zero-order chi connectivity index (χ0) is 22.8. The summed E-state index contributed by atoms with van der Waals surface area (Å²) < 4.78 is 7.89. The van der Waals surface area contributed by atoms with Gasteiger partial charge >= 0.3 is 0 Å². The van der Waals surface area contributed by atoms with Crippen LogP contribution in [0.5, 0.6) is 0 Å². The van der Waals surface area contributed by atoms with Gasteiger partial charge in [-0.1, -0.05) is 18.7 Å². The van der Waals surface area contributed by atoms with Crippen molar-refractivity contribution in [2.24, 2.45) is 0 Å². The van der Waals surface area contributed by atoms with E-state index in [4.69, 9.17) is 15.6 Å². The molecule has 1 aliphatic carbocycles. The van der Waals surface area contributed by atoms with Crippen molar-refractivity contribution in [3.63, 3.8) is 0 Å². The van der Waals surface area contributed by atoms with Crippen LogP contribution in [0, 0.1) is 0 Å². The topological polar surface area (TPSA) is 99.2 Å². The largest absolute Gasteiger partial charge is 0.492 e. The van der Waals surface area contributed by atoms with Crippen LogP contribution < -0.4 is 5.73 Å². The third kappa shape index (κ3) is 4.28.